The summed E-state index contributed by atoms with van der Waals surface area (Å²) in [5, 5.41) is 3.33. The molecule has 1 aliphatic heterocycles. The van der Waals surface area contributed by atoms with Crippen LogP contribution >= 0.6 is 11.6 Å². The molecular formula is C24H29ClN2O6. The Hall–Kier alpha value is -3.13. The maximum Gasteiger partial charge on any atom is 0.322 e. The Morgan fingerprint density at radius 3 is 2.39 bits per heavy atom. The van der Waals surface area contributed by atoms with Crippen molar-refractivity contribution in [1.29, 1.82) is 0 Å². The van der Waals surface area contributed by atoms with Crippen molar-refractivity contribution in [3.05, 3.63) is 46.5 Å². The van der Waals surface area contributed by atoms with Crippen molar-refractivity contribution in [2.45, 2.75) is 32.7 Å². The van der Waals surface area contributed by atoms with E-state index in [1.54, 1.807) is 23.1 Å². The number of esters is 1. The van der Waals surface area contributed by atoms with Crippen LogP contribution in [0, 0.1) is 0 Å². The van der Waals surface area contributed by atoms with E-state index in [9.17, 15) is 9.59 Å². The first-order chi connectivity index (χ1) is 15.9. The average molecular weight is 477 g/mol. The first-order valence-corrected chi connectivity index (χ1v) is 11.2. The highest BCUT2D eigenvalue weighted by Crippen LogP contribution is 2.40. The van der Waals surface area contributed by atoms with Gasteiger partial charge in [0.25, 0.3) is 0 Å². The minimum atomic E-state index is -0.540. The van der Waals surface area contributed by atoms with Crippen molar-refractivity contribution in [2.75, 3.05) is 39.3 Å². The van der Waals surface area contributed by atoms with E-state index in [0.717, 1.165) is 11.1 Å². The fourth-order valence-corrected chi connectivity index (χ4v) is 4.09. The zero-order chi connectivity index (χ0) is 24.0. The molecule has 0 spiro atoms. The standard InChI is InChI=1S/C24H29ClN2O6/c1-5-32-21-11-15-9-10-27(24(29)26-18-12-16(25)7-8-20(18)30-3)19(14-23(28)31-4)17(15)13-22(21)33-6-2/h7-8,11-13,19H,5-6,9-10,14H2,1-4H3,(H,26,29). The summed E-state index contributed by atoms with van der Waals surface area (Å²) < 4.78 is 21.8. The van der Waals surface area contributed by atoms with E-state index in [4.69, 9.17) is 30.5 Å². The fraction of sp³-hybridized carbons (Fsp3) is 0.417. The number of urea groups is 1. The van der Waals surface area contributed by atoms with Gasteiger partial charge in [-0.3, -0.25) is 4.79 Å². The summed E-state index contributed by atoms with van der Waals surface area (Å²) in [4.78, 5) is 27.2. The first-order valence-electron chi connectivity index (χ1n) is 10.8. The topological polar surface area (TPSA) is 86.3 Å². The third-order valence-corrected chi connectivity index (χ3v) is 5.65. The molecule has 2 aromatic rings. The lowest BCUT2D eigenvalue weighted by molar-refractivity contribution is -0.141. The highest BCUT2D eigenvalue weighted by Gasteiger charge is 2.34. The molecule has 2 amide bonds. The van der Waals surface area contributed by atoms with E-state index in [-0.39, 0.29) is 12.5 Å². The lowest BCUT2D eigenvalue weighted by Gasteiger charge is -2.37. The number of amides is 2. The van der Waals surface area contributed by atoms with E-state index >= 15 is 0 Å². The molecule has 2 aromatic carbocycles. The Kier molecular flexibility index (Phi) is 8.27. The van der Waals surface area contributed by atoms with Gasteiger partial charge in [0.2, 0.25) is 0 Å². The van der Waals surface area contributed by atoms with Gasteiger partial charge in [0.05, 0.1) is 45.6 Å². The quantitative estimate of drug-likeness (QED) is 0.548. The third-order valence-electron chi connectivity index (χ3n) is 5.41. The molecule has 0 fully saturated rings. The minimum Gasteiger partial charge on any atom is -0.495 e. The number of hydrogen-bond donors (Lipinski definition) is 1. The number of carbonyl (C=O) groups is 2. The van der Waals surface area contributed by atoms with Crippen LogP contribution in [0.4, 0.5) is 10.5 Å². The molecule has 33 heavy (non-hydrogen) atoms. The second-order valence-electron chi connectivity index (χ2n) is 7.38. The van der Waals surface area contributed by atoms with Gasteiger partial charge in [-0.2, -0.15) is 0 Å². The van der Waals surface area contributed by atoms with Crippen molar-refractivity contribution in [1.82, 2.24) is 4.90 Å². The average Bonchev–Trinajstić information content (AvgIpc) is 2.80. The second kappa shape index (κ2) is 11.1. The molecule has 8 nitrogen and oxygen atoms in total. The Bertz CT molecular complexity index is 1010. The highest BCUT2D eigenvalue weighted by molar-refractivity contribution is 6.31. The van der Waals surface area contributed by atoms with Crippen molar-refractivity contribution < 1.29 is 28.5 Å². The summed E-state index contributed by atoms with van der Waals surface area (Å²) in [6.45, 7) is 5.16. The van der Waals surface area contributed by atoms with Gasteiger partial charge in [-0.15, -0.1) is 0 Å². The number of nitrogens with zero attached hydrogens (tertiary/aromatic N) is 1. The van der Waals surface area contributed by atoms with Gasteiger partial charge >= 0.3 is 12.0 Å². The van der Waals surface area contributed by atoms with Gasteiger partial charge in [-0.05, 0) is 61.7 Å². The number of methoxy groups -OCH3 is 2. The molecule has 0 bridgehead atoms. The number of nitrogens with one attached hydrogen (secondary N) is 1. The highest BCUT2D eigenvalue weighted by atomic mass is 35.5. The third kappa shape index (κ3) is 5.63. The number of ether oxygens (including phenoxy) is 4. The van der Waals surface area contributed by atoms with E-state index < -0.39 is 12.0 Å². The minimum absolute atomic E-state index is 0.00312. The van der Waals surface area contributed by atoms with Crippen LogP contribution in [0.15, 0.2) is 30.3 Å². The van der Waals surface area contributed by atoms with Gasteiger partial charge < -0.3 is 29.2 Å². The van der Waals surface area contributed by atoms with Crippen LogP contribution in [0.2, 0.25) is 5.02 Å². The lowest BCUT2D eigenvalue weighted by Crippen LogP contribution is -2.43. The molecular weight excluding hydrogens is 448 g/mol. The molecule has 0 radical (unpaired) electrons. The molecule has 0 aliphatic carbocycles. The van der Waals surface area contributed by atoms with Crippen LogP contribution in [-0.4, -0.2) is 50.9 Å². The van der Waals surface area contributed by atoms with Gasteiger partial charge in [-0.1, -0.05) is 11.6 Å². The fourth-order valence-electron chi connectivity index (χ4n) is 3.92. The Morgan fingerprint density at radius 2 is 1.76 bits per heavy atom. The number of rotatable bonds is 8. The summed E-state index contributed by atoms with van der Waals surface area (Å²) in [6.07, 6.45) is 0.600. The van der Waals surface area contributed by atoms with Crippen LogP contribution in [0.25, 0.3) is 0 Å². The van der Waals surface area contributed by atoms with E-state index in [2.05, 4.69) is 5.32 Å². The lowest BCUT2D eigenvalue weighted by atomic mass is 9.90. The smallest absolute Gasteiger partial charge is 0.322 e. The van der Waals surface area contributed by atoms with Crippen LogP contribution < -0.4 is 19.5 Å². The van der Waals surface area contributed by atoms with Crippen LogP contribution in [0.1, 0.15) is 37.4 Å². The maximum atomic E-state index is 13.3. The molecule has 1 N–H and O–H groups in total. The molecule has 0 saturated carbocycles. The monoisotopic (exact) mass is 476 g/mol. The predicted molar refractivity (Wildman–Crippen MR) is 126 cm³/mol. The summed E-state index contributed by atoms with van der Waals surface area (Å²) in [6, 6.07) is 7.85. The van der Waals surface area contributed by atoms with E-state index in [1.807, 2.05) is 26.0 Å². The molecule has 178 valence electrons. The molecule has 1 heterocycles. The van der Waals surface area contributed by atoms with Crippen LogP contribution in [0.3, 0.4) is 0 Å². The Labute approximate surface area is 198 Å². The SMILES string of the molecule is CCOc1cc2c(cc1OCC)C(CC(=O)OC)N(C(=O)Nc1cc(Cl)ccc1OC)CC2. The van der Waals surface area contributed by atoms with E-state index in [0.29, 0.717) is 54.1 Å². The summed E-state index contributed by atoms with van der Waals surface area (Å²) in [7, 11) is 2.85. The van der Waals surface area contributed by atoms with Gasteiger partial charge in [-0.25, -0.2) is 4.79 Å². The largest absolute Gasteiger partial charge is 0.495 e. The molecule has 9 heteroatoms. The number of carbonyl (C=O) groups excluding carboxylic acids is 2. The number of anilines is 1. The summed E-state index contributed by atoms with van der Waals surface area (Å²) in [5.74, 6) is 1.29. The van der Waals surface area contributed by atoms with Gasteiger partial charge in [0, 0.05) is 11.6 Å². The number of benzene rings is 2. The first kappa shape index (κ1) is 24.5. The predicted octanol–water partition coefficient (Wildman–Crippen LogP) is 4.84. The zero-order valence-corrected chi connectivity index (χ0v) is 20.0. The Balaban J connectivity index is 1.98. The number of fused-ring (bicyclic) bond motifs is 1. The van der Waals surface area contributed by atoms with Crippen molar-refractivity contribution >= 4 is 29.3 Å². The van der Waals surface area contributed by atoms with Crippen molar-refractivity contribution in [2.24, 2.45) is 0 Å². The van der Waals surface area contributed by atoms with Crippen LogP contribution in [-0.2, 0) is 16.0 Å². The zero-order valence-electron chi connectivity index (χ0n) is 19.3. The summed E-state index contributed by atoms with van der Waals surface area (Å²) in [5.41, 5.74) is 2.27. The second-order valence-corrected chi connectivity index (χ2v) is 7.81. The van der Waals surface area contributed by atoms with E-state index in [1.165, 1.54) is 14.2 Å². The molecule has 1 atom stereocenters. The van der Waals surface area contributed by atoms with Crippen molar-refractivity contribution in [3.63, 3.8) is 0 Å². The molecule has 1 unspecified atom stereocenters. The molecule has 0 saturated heterocycles. The number of halogens is 1. The number of hydrogen-bond acceptors (Lipinski definition) is 6. The van der Waals surface area contributed by atoms with Gasteiger partial charge in [0.1, 0.15) is 5.75 Å². The molecule has 3 rings (SSSR count). The van der Waals surface area contributed by atoms with Crippen LogP contribution in [0.5, 0.6) is 17.2 Å². The maximum absolute atomic E-state index is 13.3. The Morgan fingerprint density at radius 1 is 1.06 bits per heavy atom. The normalized spacial score (nSPS) is 14.8. The molecule has 0 aromatic heterocycles. The summed E-state index contributed by atoms with van der Waals surface area (Å²) >= 11 is 6.11. The van der Waals surface area contributed by atoms with Crippen molar-refractivity contribution in [3.8, 4) is 17.2 Å². The molecule has 1 aliphatic rings. The van der Waals surface area contributed by atoms with Gasteiger partial charge in [0.15, 0.2) is 11.5 Å².